The van der Waals surface area contributed by atoms with Gasteiger partial charge < -0.3 is 15.6 Å². The molecule has 0 unspecified atom stereocenters. The summed E-state index contributed by atoms with van der Waals surface area (Å²) in [7, 11) is 1.81. The summed E-state index contributed by atoms with van der Waals surface area (Å²) in [6, 6.07) is 6.19. The average molecular weight is 260 g/mol. The molecular formula is C14H20N4O. The Morgan fingerprint density at radius 3 is 2.84 bits per heavy atom. The zero-order chi connectivity index (χ0) is 13.7. The second-order valence-electron chi connectivity index (χ2n) is 5.13. The van der Waals surface area contributed by atoms with Crippen LogP contribution in [0.1, 0.15) is 31.4 Å². The highest BCUT2D eigenvalue weighted by Gasteiger charge is 2.36. The van der Waals surface area contributed by atoms with Crippen molar-refractivity contribution in [2.75, 3.05) is 7.05 Å². The quantitative estimate of drug-likeness (QED) is 0.763. The summed E-state index contributed by atoms with van der Waals surface area (Å²) in [5, 5.41) is 15.2. The number of aromatic amines is 1. The summed E-state index contributed by atoms with van der Waals surface area (Å²) >= 11 is 0. The van der Waals surface area contributed by atoms with E-state index >= 15 is 0 Å². The van der Waals surface area contributed by atoms with Crippen LogP contribution in [0.5, 0.6) is 0 Å². The summed E-state index contributed by atoms with van der Waals surface area (Å²) in [5.41, 5.74) is 0.571. The van der Waals surface area contributed by atoms with E-state index in [1.54, 1.807) is 0 Å². The van der Waals surface area contributed by atoms with E-state index in [0.717, 1.165) is 31.4 Å². The van der Waals surface area contributed by atoms with Crippen molar-refractivity contribution in [3.8, 4) is 6.07 Å². The number of aromatic nitrogens is 1. The van der Waals surface area contributed by atoms with E-state index in [4.69, 9.17) is 0 Å². The number of nitrogens with one attached hydrogen (secondary N) is 3. The molecule has 0 aromatic carbocycles. The third-order valence-electron chi connectivity index (χ3n) is 4.02. The maximum absolute atomic E-state index is 12.1. The van der Waals surface area contributed by atoms with Gasteiger partial charge in [-0.2, -0.15) is 5.26 Å². The minimum absolute atomic E-state index is 0.0322. The van der Waals surface area contributed by atoms with E-state index in [1.165, 1.54) is 0 Å². The molecule has 5 nitrogen and oxygen atoms in total. The second kappa shape index (κ2) is 5.89. The first-order valence-corrected chi connectivity index (χ1v) is 6.69. The van der Waals surface area contributed by atoms with Crippen molar-refractivity contribution < 1.29 is 4.79 Å². The van der Waals surface area contributed by atoms with Gasteiger partial charge in [0.2, 0.25) is 5.91 Å². The molecule has 3 N–H and O–H groups in total. The van der Waals surface area contributed by atoms with Crippen LogP contribution in [0.4, 0.5) is 0 Å². The Balaban J connectivity index is 1.81. The van der Waals surface area contributed by atoms with Gasteiger partial charge in [-0.3, -0.25) is 4.79 Å². The van der Waals surface area contributed by atoms with Crippen LogP contribution in [-0.4, -0.2) is 23.5 Å². The Morgan fingerprint density at radius 2 is 2.32 bits per heavy atom. The van der Waals surface area contributed by atoms with Crippen molar-refractivity contribution >= 4 is 5.91 Å². The van der Waals surface area contributed by atoms with Gasteiger partial charge in [0.25, 0.3) is 0 Å². The van der Waals surface area contributed by atoms with E-state index in [2.05, 4.69) is 21.7 Å². The first-order valence-electron chi connectivity index (χ1n) is 6.69. The standard InChI is InChI=1S/C14H20N4O/c1-16-14(10-15)6-4-11(5-7-14)13(19)18-9-12-3-2-8-17-12/h2-3,8,11,16-17H,4-7,9H2,1H3,(H,18,19). The molecule has 5 heteroatoms. The normalized spacial score (nSPS) is 26.6. The summed E-state index contributed by atoms with van der Waals surface area (Å²) in [6.45, 7) is 0.539. The number of H-pyrrole nitrogens is 1. The predicted octanol–water partition coefficient (Wildman–Crippen LogP) is 1.30. The van der Waals surface area contributed by atoms with Crippen molar-refractivity contribution in [1.29, 1.82) is 5.26 Å². The zero-order valence-electron chi connectivity index (χ0n) is 11.2. The molecule has 0 atom stereocenters. The summed E-state index contributed by atoms with van der Waals surface area (Å²) in [5.74, 6) is 0.127. The molecule has 1 aromatic rings. The largest absolute Gasteiger partial charge is 0.364 e. The molecule has 1 fully saturated rings. The van der Waals surface area contributed by atoms with E-state index in [1.807, 2.05) is 25.4 Å². The molecule has 0 bridgehead atoms. The van der Waals surface area contributed by atoms with Gasteiger partial charge in [0.1, 0.15) is 5.54 Å². The number of nitrogens with zero attached hydrogens (tertiary/aromatic N) is 1. The lowest BCUT2D eigenvalue weighted by Crippen LogP contribution is -2.46. The summed E-state index contributed by atoms with van der Waals surface area (Å²) in [6.07, 6.45) is 4.85. The fourth-order valence-corrected chi connectivity index (χ4v) is 2.59. The molecule has 1 saturated carbocycles. The molecule has 1 aliphatic rings. The predicted molar refractivity (Wildman–Crippen MR) is 72.0 cm³/mol. The van der Waals surface area contributed by atoms with Gasteiger partial charge in [-0.15, -0.1) is 0 Å². The number of rotatable bonds is 4. The lowest BCUT2D eigenvalue weighted by molar-refractivity contribution is -0.126. The third-order valence-corrected chi connectivity index (χ3v) is 4.02. The highest BCUT2D eigenvalue weighted by Crippen LogP contribution is 2.31. The number of carbonyl (C=O) groups excluding carboxylic acids is 1. The topological polar surface area (TPSA) is 80.7 Å². The minimum atomic E-state index is -0.434. The minimum Gasteiger partial charge on any atom is -0.364 e. The maximum atomic E-state index is 12.1. The molecule has 102 valence electrons. The number of nitriles is 1. The van der Waals surface area contributed by atoms with Crippen LogP contribution >= 0.6 is 0 Å². The lowest BCUT2D eigenvalue weighted by atomic mass is 9.77. The highest BCUT2D eigenvalue weighted by atomic mass is 16.1. The second-order valence-corrected chi connectivity index (χ2v) is 5.13. The van der Waals surface area contributed by atoms with Crippen LogP contribution in [0, 0.1) is 17.2 Å². The summed E-state index contributed by atoms with van der Waals surface area (Å²) < 4.78 is 0. The van der Waals surface area contributed by atoms with Crippen LogP contribution in [0.25, 0.3) is 0 Å². The molecule has 2 rings (SSSR count). The monoisotopic (exact) mass is 260 g/mol. The van der Waals surface area contributed by atoms with E-state index in [0.29, 0.717) is 6.54 Å². The SMILES string of the molecule is CNC1(C#N)CCC(C(=O)NCc2ccc[nH]2)CC1. The van der Waals surface area contributed by atoms with Crippen LogP contribution < -0.4 is 10.6 Å². The van der Waals surface area contributed by atoms with Crippen LogP contribution in [0.15, 0.2) is 18.3 Å². The Hall–Kier alpha value is -1.80. The van der Waals surface area contributed by atoms with E-state index in [-0.39, 0.29) is 11.8 Å². The van der Waals surface area contributed by atoms with Gasteiger partial charge in [0.15, 0.2) is 0 Å². The Labute approximate surface area is 113 Å². The molecule has 0 aliphatic heterocycles. The molecule has 0 radical (unpaired) electrons. The van der Waals surface area contributed by atoms with Crippen molar-refractivity contribution in [1.82, 2.24) is 15.6 Å². The van der Waals surface area contributed by atoms with Crippen LogP contribution in [0.2, 0.25) is 0 Å². The lowest BCUT2D eigenvalue weighted by Gasteiger charge is -2.33. The molecule has 0 saturated heterocycles. The molecule has 1 aromatic heterocycles. The Bertz CT molecular complexity index is 452. The van der Waals surface area contributed by atoms with Gasteiger partial charge in [-0.25, -0.2) is 0 Å². The van der Waals surface area contributed by atoms with Gasteiger partial charge in [-0.1, -0.05) is 0 Å². The highest BCUT2D eigenvalue weighted by molar-refractivity contribution is 5.78. The van der Waals surface area contributed by atoms with Gasteiger partial charge >= 0.3 is 0 Å². The molecule has 1 aliphatic carbocycles. The first-order chi connectivity index (χ1) is 9.19. The number of carbonyl (C=O) groups is 1. The van der Waals surface area contributed by atoms with E-state index in [9.17, 15) is 10.1 Å². The molecule has 19 heavy (non-hydrogen) atoms. The fraction of sp³-hybridized carbons (Fsp3) is 0.571. The Morgan fingerprint density at radius 1 is 1.58 bits per heavy atom. The molecular weight excluding hydrogens is 240 g/mol. The van der Waals surface area contributed by atoms with Crippen molar-refractivity contribution in [2.24, 2.45) is 5.92 Å². The van der Waals surface area contributed by atoms with Gasteiger partial charge in [-0.05, 0) is 44.9 Å². The van der Waals surface area contributed by atoms with Crippen LogP contribution in [-0.2, 0) is 11.3 Å². The Kier molecular flexibility index (Phi) is 4.23. The summed E-state index contributed by atoms with van der Waals surface area (Å²) in [4.78, 5) is 15.1. The average Bonchev–Trinajstić information content (AvgIpc) is 2.98. The zero-order valence-corrected chi connectivity index (χ0v) is 11.2. The van der Waals surface area contributed by atoms with Gasteiger partial charge in [0, 0.05) is 17.8 Å². The number of hydrogen-bond acceptors (Lipinski definition) is 3. The smallest absolute Gasteiger partial charge is 0.223 e. The maximum Gasteiger partial charge on any atom is 0.223 e. The molecule has 1 heterocycles. The fourth-order valence-electron chi connectivity index (χ4n) is 2.59. The van der Waals surface area contributed by atoms with Gasteiger partial charge in [0.05, 0.1) is 12.6 Å². The molecule has 1 amide bonds. The first kappa shape index (κ1) is 13.6. The molecule has 0 spiro atoms. The van der Waals surface area contributed by atoms with Crippen molar-refractivity contribution in [3.63, 3.8) is 0 Å². The van der Waals surface area contributed by atoms with Crippen LogP contribution in [0.3, 0.4) is 0 Å². The third kappa shape index (κ3) is 3.15. The van der Waals surface area contributed by atoms with E-state index < -0.39 is 5.54 Å². The number of amides is 1. The van der Waals surface area contributed by atoms with Crippen molar-refractivity contribution in [2.45, 2.75) is 37.8 Å². The van der Waals surface area contributed by atoms with Crippen molar-refractivity contribution in [3.05, 3.63) is 24.0 Å². The number of hydrogen-bond donors (Lipinski definition) is 3.